The molecule has 0 unspecified atom stereocenters. The second kappa shape index (κ2) is 6.11. The number of hydrogen-bond donors (Lipinski definition) is 0. The van der Waals surface area contributed by atoms with E-state index in [0.29, 0.717) is 15.1 Å². The molecule has 0 radical (unpaired) electrons. The van der Waals surface area contributed by atoms with Crippen molar-refractivity contribution in [3.05, 3.63) is 81.8 Å². The van der Waals surface area contributed by atoms with E-state index in [-0.39, 0.29) is 0 Å². The molecule has 0 aliphatic heterocycles. The molecule has 0 N–H and O–H groups in total. The van der Waals surface area contributed by atoms with Crippen molar-refractivity contribution in [3.8, 4) is 22.3 Å². The van der Waals surface area contributed by atoms with Crippen molar-refractivity contribution in [2.45, 2.75) is 0 Å². The zero-order chi connectivity index (χ0) is 14.8. The predicted molar refractivity (Wildman–Crippen MR) is 92.3 cm³/mol. The summed E-state index contributed by atoms with van der Waals surface area (Å²) in [5.41, 5.74) is 4.05. The van der Waals surface area contributed by atoms with Crippen LogP contribution in [0.25, 0.3) is 22.3 Å². The van der Waals surface area contributed by atoms with Gasteiger partial charge in [0.25, 0.3) is 0 Å². The van der Waals surface area contributed by atoms with Crippen LogP contribution >= 0.6 is 34.8 Å². The number of hydrogen-bond acceptors (Lipinski definition) is 0. The lowest BCUT2D eigenvalue weighted by Gasteiger charge is -2.08. The molecular weight excluding hydrogens is 323 g/mol. The third-order valence-corrected chi connectivity index (χ3v) is 4.05. The molecule has 0 heterocycles. The summed E-state index contributed by atoms with van der Waals surface area (Å²) >= 11 is 18.5. The van der Waals surface area contributed by atoms with E-state index in [1.54, 1.807) is 0 Å². The minimum absolute atomic E-state index is 0.690. The molecule has 0 saturated heterocycles. The molecule has 0 spiro atoms. The average Bonchev–Trinajstić information content (AvgIpc) is 2.47. The Morgan fingerprint density at radius 1 is 0.524 bits per heavy atom. The summed E-state index contributed by atoms with van der Waals surface area (Å²) in [6, 6.07) is 21.4. The van der Waals surface area contributed by atoms with Gasteiger partial charge in [-0.1, -0.05) is 71.2 Å². The first-order chi connectivity index (χ1) is 10.1. The van der Waals surface area contributed by atoms with E-state index < -0.39 is 0 Å². The summed E-state index contributed by atoms with van der Waals surface area (Å²) < 4.78 is 0. The van der Waals surface area contributed by atoms with Crippen molar-refractivity contribution in [2.24, 2.45) is 0 Å². The summed E-state index contributed by atoms with van der Waals surface area (Å²) in [6.45, 7) is 0. The topological polar surface area (TPSA) is 0 Å². The fourth-order valence-electron chi connectivity index (χ4n) is 2.25. The van der Waals surface area contributed by atoms with Gasteiger partial charge in [-0.25, -0.2) is 0 Å². The highest BCUT2D eigenvalue weighted by atomic mass is 35.5. The SMILES string of the molecule is Clc1cccc(-c2ccc(-c3cccc(Cl)c3)c(Cl)c2)c1. The Kier molecular flexibility index (Phi) is 4.21. The van der Waals surface area contributed by atoms with Crippen LogP contribution in [-0.2, 0) is 0 Å². The fraction of sp³-hybridized carbons (Fsp3) is 0. The van der Waals surface area contributed by atoms with Gasteiger partial charge in [0.2, 0.25) is 0 Å². The highest BCUT2D eigenvalue weighted by molar-refractivity contribution is 6.34. The van der Waals surface area contributed by atoms with Crippen LogP contribution in [0.4, 0.5) is 0 Å². The lowest BCUT2D eigenvalue weighted by molar-refractivity contribution is 1.59. The molecule has 0 fully saturated rings. The maximum Gasteiger partial charge on any atom is 0.0490 e. The summed E-state index contributed by atoms with van der Waals surface area (Å²) in [5, 5.41) is 2.10. The van der Waals surface area contributed by atoms with Crippen LogP contribution in [0.3, 0.4) is 0 Å². The smallest absolute Gasteiger partial charge is 0.0490 e. The van der Waals surface area contributed by atoms with Gasteiger partial charge in [0.05, 0.1) is 0 Å². The van der Waals surface area contributed by atoms with Crippen LogP contribution in [0.1, 0.15) is 0 Å². The maximum absolute atomic E-state index is 6.43. The van der Waals surface area contributed by atoms with E-state index in [0.717, 1.165) is 22.3 Å². The Labute approximate surface area is 138 Å². The minimum atomic E-state index is 0.690. The first-order valence-corrected chi connectivity index (χ1v) is 7.58. The molecule has 3 aromatic rings. The van der Waals surface area contributed by atoms with Gasteiger partial charge in [-0.2, -0.15) is 0 Å². The molecule has 0 aliphatic carbocycles. The molecule has 0 aliphatic rings. The molecule has 21 heavy (non-hydrogen) atoms. The van der Waals surface area contributed by atoms with E-state index in [9.17, 15) is 0 Å². The average molecular weight is 334 g/mol. The molecule has 3 aromatic carbocycles. The van der Waals surface area contributed by atoms with Crippen LogP contribution in [0.5, 0.6) is 0 Å². The standard InChI is InChI=1S/C18H11Cl3/c19-15-5-1-3-12(9-15)13-7-8-17(18(21)11-13)14-4-2-6-16(20)10-14/h1-11H. The molecular formula is C18H11Cl3. The Balaban J connectivity index is 2.04. The van der Waals surface area contributed by atoms with Crippen LogP contribution in [-0.4, -0.2) is 0 Å². The van der Waals surface area contributed by atoms with Gasteiger partial charge in [0, 0.05) is 20.6 Å². The van der Waals surface area contributed by atoms with Crippen LogP contribution in [0.2, 0.25) is 15.1 Å². The lowest BCUT2D eigenvalue weighted by Crippen LogP contribution is -1.83. The van der Waals surface area contributed by atoms with Gasteiger partial charge in [-0.15, -0.1) is 0 Å². The second-order valence-corrected chi connectivity index (χ2v) is 6.00. The molecule has 0 nitrogen and oxygen atoms in total. The van der Waals surface area contributed by atoms with Gasteiger partial charge in [-0.05, 0) is 47.0 Å². The van der Waals surface area contributed by atoms with Gasteiger partial charge in [0.1, 0.15) is 0 Å². The van der Waals surface area contributed by atoms with E-state index in [1.165, 1.54) is 0 Å². The molecule has 0 aromatic heterocycles. The van der Waals surface area contributed by atoms with Gasteiger partial charge in [0.15, 0.2) is 0 Å². The lowest BCUT2D eigenvalue weighted by atomic mass is 10.0. The second-order valence-electron chi connectivity index (χ2n) is 4.72. The number of rotatable bonds is 2. The van der Waals surface area contributed by atoms with Crippen LogP contribution in [0.15, 0.2) is 66.7 Å². The van der Waals surface area contributed by atoms with Crippen LogP contribution < -0.4 is 0 Å². The Morgan fingerprint density at radius 3 is 1.71 bits per heavy atom. The fourth-order valence-corrected chi connectivity index (χ4v) is 2.92. The van der Waals surface area contributed by atoms with Crippen LogP contribution in [0, 0.1) is 0 Å². The van der Waals surface area contributed by atoms with Gasteiger partial charge in [-0.3, -0.25) is 0 Å². The van der Waals surface area contributed by atoms with Gasteiger partial charge >= 0.3 is 0 Å². The van der Waals surface area contributed by atoms with Crippen molar-refractivity contribution in [1.82, 2.24) is 0 Å². The van der Waals surface area contributed by atoms with Crippen molar-refractivity contribution in [1.29, 1.82) is 0 Å². The normalized spacial score (nSPS) is 10.6. The third kappa shape index (κ3) is 3.24. The van der Waals surface area contributed by atoms with E-state index in [1.807, 2.05) is 66.7 Å². The zero-order valence-electron chi connectivity index (χ0n) is 11.0. The van der Waals surface area contributed by atoms with Crippen molar-refractivity contribution >= 4 is 34.8 Å². The minimum Gasteiger partial charge on any atom is -0.0843 e. The maximum atomic E-state index is 6.43. The Hall–Kier alpha value is -1.47. The molecule has 3 rings (SSSR count). The highest BCUT2D eigenvalue weighted by Crippen LogP contribution is 2.33. The number of benzene rings is 3. The van der Waals surface area contributed by atoms with E-state index >= 15 is 0 Å². The third-order valence-electron chi connectivity index (χ3n) is 3.26. The molecule has 0 saturated carbocycles. The Bertz CT molecular complexity index is 794. The molecule has 104 valence electrons. The molecule has 0 amide bonds. The Morgan fingerprint density at radius 2 is 1.10 bits per heavy atom. The monoisotopic (exact) mass is 332 g/mol. The largest absolute Gasteiger partial charge is 0.0843 e. The molecule has 0 bridgehead atoms. The first-order valence-electron chi connectivity index (χ1n) is 6.45. The van der Waals surface area contributed by atoms with E-state index in [4.69, 9.17) is 34.8 Å². The van der Waals surface area contributed by atoms with Crippen molar-refractivity contribution in [3.63, 3.8) is 0 Å². The summed E-state index contributed by atoms with van der Waals surface area (Å²) in [7, 11) is 0. The quantitative estimate of drug-likeness (QED) is 0.474. The number of halogens is 3. The highest BCUT2D eigenvalue weighted by Gasteiger charge is 2.07. The molecule has 0 atom stereocenters. The zero-order valence-corrected chi connectivity index (χ0v) is 13.3. The summed E-state index contributed by atoms with van der Waals surface area (Å²) in [5.74, 6) is 0. The van der Waals surface area contributed by atoms with E-state index in [2.05, 4.69) is 0 Å². The summed E-state index contributed by atoms with van der Waals surface area (Å²) in [6.07, 6.45) is 0. The predicted octanol–water partition coefficient (Wildman–Crippen LogP) is 6.98. The summed E-state index contributed by atoms with van der Waals surface area (Å²) in [4.78, 5) is 0. The van der Waals surface area contributed by atoms with Crippen molar-refractivity contribution in [2.75, 3.05) is 0 Å². The molecule has 3 heteroatoms. The first kappa shape index (κ1) is 14.5. The van der Waals surface area contributed by atoms with Crippen molar-refractivity contribution < 1.29 is 0 Å². The van der Waals surface area contributed by atoms with Gasteiger partial charge < -0.3 is 0 Å².